The van der Waals surface area contributed by atoms with Gasteiger partial charge in [-0.1, -0.05) is 0 Å². The second kappa shape index (κ2) is 42.9. The van der Waals surface area contributed by atoms with Gasteiger partial charge in [-0.05, 0) is 0 Å². The van der Waals surface area contributed by atoms with Crippen molar-refractivity contribution < 1.29 is 51.8 Å². The van der Waals surface area contributed by atoms with Gasteiger partial charge < -0.3 is 0 Å². The molecule has 0 N–H and O–H groups in total. The van der Waals surface area contributed by atoms with Gasteiger partial charge >= 0.3 is 133 Å². The van der Waals surface area contributed by atoms with E-state index in [4.69, 9.17) is 32.4 Å². The fraction of sp³-hybridized carbons (Fsp3) is 0.0769. The molecule has 21 heavy (non-hydrogen) atoms. The summed E-state index contributed by atoms with van der Waals surface area (Å²) in [5.74, 6) is 0.848. The Labute approximate surface area is 133 Å². The monoisotopic (exact) mass is 460 g/mol. The van der Waals surface area contributed by atoms with E-state index in [1.807, 2.05) is 24.3 Å². The molecule has 0 spiro atoms. The van der Waals surface area contributed by atoms with Gasteiger partial charge in [0.2, 0.25) is 0 Å². The van der Waals surface area contributed by atoms with E-state index in [9.17, 15) is 0 Å². The van der Waals surface area contributed by atoms with Crippen molar-refractivity contribution in [2.24, 2.45) is 0 Å². The second-order valence-electron chi connectivity index (χ2n) is 1.87. The van der Waals surface area contributed by atoms with Crippen LogP contribution in [0.25, 0.3) is 6.08 Å². The molecule has 0 aliphatic carbocycles. The van der Waals surface area contributed by atoms with E-state index in [2.05, 4.69) is 33.3 Å². The first-order chi connectivity index (χ1) is 10.3. The molecule has 1 rings (SSSR count). The molecule has 0 aromatic carbocycles. The van der Waals surface area contributed by atoms with Gasteiger partial charge in [-0.15, -0.1) is 0 Å². The number of rotatable bonds is 3. The first-order valence-corrected chi connectivity index (χ1v) is 5.61. The summed E-state index contributed by atoms with van der Waals surface area (Å²) in [4.78, 5) is 0. The Bertz CT molecular complexity index is 400. The van der Waals surface area contributed by atoms with Crippen LogP contribution in [0.1, 0.15) is 5.76 Å². The summed E-state index contributed by atoms with van der Waals surface area (Å²) in [5.41, 5.74) is 0. The van der Waals surface area contributed by atoms with Crippen LogP contribution in [-0.4, -0.2) is 11.2 Å². The summed E-state index contributed by atoms with van der Waals surface area (Å²) in [6, 6.07) is 3.75. The molecular weight excluding hydrogens is 452 g/mol. The number of furan rings is 1. The average Bonchev–Trinajstić information content (AvgIpc) is 3.15. The van der Waals surface area contributed by atoms with E-state index in [1.165, 1.54) is 19.4 Å². The molecule has 1 aromatic rings. The maximum absolute atomic E-state index is 7.50. The van der Waals surface area contributed by atoms with E-state index in [0.717, 1.165) is 9.84 Å². The summed E-state index contributed by atoms with van der Waals surface area (Å²) >= 11 is 1.31. The van der Waals surface area contributed by atoms with E-state index in [0.29, 0.717) is 0 Å². The van der Waals surface area contributed by atoms with Crippen molar-refractivity contribution in [1.29, 1.82) is 0 Å². The zero-order chi connectivity index (χ0) is 18.1. The molecule has 0 radical (unpaired) electrons. The fourth-order valence-electron chi connectivity index (χ4n) is 0.604. The standard InChI is InChI=1S/C8H8O2.5CO.W/c1-9-6-2-4-8-5-3-7-10-8;5*1-2;/h2-5,7H,1H3;;;;;;/b4-2+;;;;;;. The molecule has 0 aliphatic rings. The Hall–Kier alpha value is -1.76. The molecule has 0 aliphatic heterocycles. The molecule has 0 saturated carbocycles. The molecule has 0 saturated heterocycles. The van der Waals surface area contributed by atoms with Crippen molar-refractivity contribution >= 4 is 10.2 Å². The van der Waals surface area contributed by atoms with Crippen LogP contribution >= 0.6 is 0 Å². The van der Waals surface area contributed by atoms with Crippen LogP contribution in [0, 0.1) is 33.3 Å². The first kappa shape index (κ1) is 31.6. The summed E-state index contributed by atoms with van der Waals surface area (Å²) in [6.07, 6.45) is 5.43. The van der Waals surface area contributed by atoms with Crippen molar-refractivity contribution in [3.05, 3.63) is 63.5 Å². The number of ether oxygens (including phenoxy) is 1. The molecule has 1 heterocycles. The quantitative estimate of drug-likeness (QED) is 0.501. The molecule has 1 aromatic heterocycles. The molecular formula is C13H8O7W. The molecule has 0 fully saturated rings. The molecule has 0 unspecified atom stereocenters. The summed E-state index contributed by atoms with van der Waals surface area (Å²) in [5, 5.41) is 0. The third kappa shape index (κ3) is 32.1. The van der Waals surface area contributed by atoms with Crippen molar-refractivity contribution in [3.63, 3.8) is 0 Å². The molecule has 108 valence electrons. The van der Waals surface area contributed by atoms with Crippen molar-refractivity contribution in [1.82, 2.24) is 0 Å². The van der Waals surface area contributed by atoms with Gasteiger partial charge in [0.15, 0.2) is 0 Å². The van der Waals surface area contributed by atoms with Gasteiger partial charge in [0, 0.05) is 0 Å². The third-order valence-electron chi connectivity index (χ3n) is 1.13. The van der Waals surface area contributed by atoms with Crippen molar-refractivity contribution in [2.75, 3.05) is 7.11 Å². The predicted octanol–water partition coefficient (Wildman–Crippen LogP) is 1.43. The van der Waals surface area contributed by atoms with Crippen LogP contribution in [0.3, 0.4) is 0 Å². The van der Waals surface area contributed by atoms with Gasteiger partial charge in [0.05, 0.1) is 0 Å². The number of methoxy groups -OCH3 is 1. The minimum absolute atomic E-state index is 0.848. The Morgan fingerprint density at radius 1 is 1.05 bits per heavy atom. The van der Waals surface area contributed by atoms with Crippen LogP contribution in [-0.2, 0) is 47.4 Å². The van der Waals surface area contributed by atoms with Crippen LogP contribution in [0.15, 0.2) is 28.9 Å². The topological polar surface area (TPSA) is 122 Å². The van der Waals surface area contributed by atoms with Gasteiger partial charge in [-0.25, -0.2) is 0 Å². The third-order valence-corrected chi connectivity index (χ3v) is 2.22. The molecule has 7 nitrogen and oxygen atoms in total. The minimum atomic E-state index is 0.848. The zero-order valence-electron chi connectivity index (χ0n) is 10.7. The SMILES string of the molecule is CO[C](=[W])/C=C/c1ccco1.[C-]#[O+].[C-]#[O+].[C-]#[O+].[C-]#[O+].[C-]#[O+]. The molecule has 0 atom stereocenters. The Morgan fingerprint density at radius 2 is 1.48 bits per heavy atom. The second-order valence-corrected chi connectivity index (χ2v) is 3.32. The van der Waals surface area contributed by atoms with Crippen molar-refractivity contribution in [3.8, 4) is 0 Å². The van der Waals surface area contributed by atoms with Crippen molar-refractivity contribution in [2.45, 2.75) is 0 Å². The van der Waals surface area contributed by atoms with E-state index in [-0.39, 0.29) is 0 Å². The van der Waals surface area contributed by atoms with E-state index in [1.54, 1.807) is 13.4 Å². The Morgan fingerprint density at radius 3 is 1.76 bits per heavy atom. The van der Waals surface area contributed by atoms with E-state index < -0.39 is 0 Å². The average molecular weight is 460 g/mol. The Kier molecular flexibility index (Phi) is 64.5. The zero-order valence-corrected chi connectivity index (χ0v) is 13.6. The van der Waals surface area contributed by atoms with Gasteiger partial charge in [0.25, 0.3) is 0 Å². The Balaban J connectivity index is -0.0000000727. The molecule has 8 heteroatoms. The van der Waals surface area contributed by atoms with Crippen LogP contribution in [0.2, 0.25) is 0 Å². The van der Waals surface area contributed by atoms with Gasteiger partial charge in [0.1, 0.15) is 0 Å². The molecule has 0 amide bonds. The van der Waals surface area contributed by atoms with Gasteiger partial charge in [-0.2, -0.15) is 0 Å². The van der Waals surface area contributed by atoms with E-state index >= 15 is 0 Å². The normalized spacial score (nSPS) is 6.05. The van der Waals surface area contributed by atoms with Crippen LogP contribution < -0.4 is 0 Å². The predicted molar refractivity (Wildman–Crippen MR) is 59.4 cm³/mol. The fourth-order valence-corrected chi connectivity index (χ4v) is 0.849. The number of hydrogen-bond acceptors (Lipinski definition) is 2. The van der Waals surface area contributed by atoms with Crippen LogP contribution in [0.4, 0.5) is 0 Å². The maximum atomic E-state index is 7.50. The van der Waals surface area contributed by atoms with Crippen LogP contribution in [0.5, 0.6) is 0 Å². The van der Waals surface area contributed by atoms with Gasteiger partial charge in [-0.3, -0.25) is 0 Å². The number of hydrogen-bond donors (Lipinski definition) is 0. The molecule has 0 bridgehead atoms. The summed E-state index contributed by atoms with van der Waals surface area (Å²) in [6.45, 7) is 22.5. The first-order valence-electron chi connectivity index (χ1n) is 4.14. The summed E-state index contributed by atoms with van der Waals surface area (Å²) in [7, 11) is 1.66. The summed E-state index contributed by atoms with van der Waals surface area (Å²) < 4.78 is 48.5.